The standard InChI is InChI=1S/C15H23ClN4O2/c1-15(2,3)22-14(21)10-6-5-7-20(8-10)13-11(17-4)12(16)18-9-19-13/h9-10,17H,5-8H2,1-4H3. The van der Waals surface area contributed by atoms with Crippen LogP contribution in [-0.2, 0) is 9.53 Å². The van der Waals surface area contributed by atoms with Crippen LogP contribution in [0.3, 0.4) is 0 Å². The Morgan fingerprint density at radius 2 is 2.18 bits per heavy atom. The summed E-state index contributed by atoms with van der Waals surface area (Å²) < 4.78 is 5.50. The molecule has 1 aliphatic heterocycles. The lowest BCUT2D eigenvalue weighted by atomic mass is 9.97. The van der Waals surface area contributed by atoms with Crippen LogP contribution in [0.2, 0.25) is 5.15 Å². The van der Waals surface area contributed by atoms with E-state index in [-0.39, 0.29) is 11.9 Å². The number of esters is 1. The Morgan fingerprint density at radius 1 is 1.45 bits per heavy atom. The van der Waals surface area contributed by atoms with Crippen molar-refractivity contribution in [3.8, 4) is 0 Å². The number of hydrogen-bond donors (Lipinski definition) is 1. The van der Waals surface area contributed by atoms with Crippen LogP contribution in [0.1, 0.15) is 33.6 Å². The van der Waals surface area contributed by atoms with E-state index >= 15 is 0 Å². The monoisotopic (exact) mass is 326 g/mol. The molecule has 2 heterocycles. The number of ether oxygens (including phenoxy) is 1. The van der Waals surface area contributed by atoms with E-state index in [9.17, 15) is 4.79 Å². The van der Waals surface area contributed by atoms with Gasteiger partial charge in [0, 0.05) is 20.1 Å². The second kappa shape index (κ2) is 6.69. The largest absolute Gasteiger partial charge is 0.460 e. The van der Waals surface area contributed by atoms with Gasteiger partial charge in [0.1, 0.15) is 17.6 Å². The van der Waals surface area contributed by atoms with Crippen LogP contribution >= 0.6 is 11.6 Å². The number of aromatic nitrogens is 2. The van der Waals surface area contributed by atoms with Gasteiger partial charge in [-0.2, -0.15) is 0 Å². The van der Waals surface area contributed by atoms with Crippen LogP contribution in [0.15, 0.2) is 6.33 Å². The molecule has 122 valence electrons. The molecule has 7 heteroatoms. The van der Waals surface area contributed by atoms with Gasteiger partial charge in [-0.05, 0) is 33.6 Å². The number of halogens is 1. The summed E-state index contributed by atoms with van der Waals surface area (Å²) in [6.07, 6.45) is 3.18. The van der Waals surface area contributed by atoms with Crippen LogP contribution in [0.5, 0.6) is 0 Å². The van der Waals surface area contributed by atoms with E-state index in [1.807, 2.05) is 20.8 Å². The average molecular weight is 327 g/mol. The summed E-state index contributed by atoms with van der Waals surface area (Å²) in [5, 5.41) is 3.41. The molecule has 1 aliphatic rings. The summed E-state index contributed by atoms with van der Waals surface area (Å²) in [6, 6.07) is 0. The van der Waals surface area contributed by atoms with Gasteiger partial charge in [-0.15, -0.1) is 0 Å². The molecule has 6 nitrogen and oxygen atoms in total. The van der Waals surface area contributed by atoms with Gasteiger partial charge in [0.15, 0.2) is 11.0 Å². The minimum atomic E-state index is -0.465. The molecule has 0 aliphatic carbocycles. The van der Waals surface area contributed by atoms with Crippen molar-refractivity contribution in [1.29, 1.82) is 0 Å². The van der Waals surface area contributed by atoms with Crippen molar-refractivity contribution in [3.63, 3.8) is 0 Å². The Morgan fingerprint density at radius 3 is 2.82 bits per heavy atom. The number of carbonyl (C=O) groups is 1. The number of piperidine rings is 1. The van der Waals surface area contributed by atoms with Crippen LogP contribution in [0.4, 0.5) is 11.5 Å². The minimum absolute atomic E-state index is 0.147. The highest BCUT2D eigenvalue weighted by Crippen LogP contribution is 2.32. The zero-order chi connectivity index (χ0) is 16.3. The van der Waals surface area contributed by atoms with E-state index in [2.05, 4.69) is 20.2 Å². The fourth-order valence-corrected chi connectivity index (χ4v) is 2.78. The first-order valence-corrected chi connectivity index (χ1v) is 7.85. The highest BCUT2D eigenvalue weighted by atomic mass is 35.5. The van der Waals surface area contributed by atoms with E-state index in [0.29, 0.717) is 17.4 Å². The molecule has 2 rings (SSSR count). The number of nitrogens with one attached hydrogen (secondary N) is 1. The third kappa shape index (κ3) is 4.00. The summed E-state index contributed by atoms with van der Waals surface area (Å²) in [6.45, 7) is 7.07. The number of nitrogens with zero attached hydrogens (tertiary/aromatic N) is 3. The number of rotatable bonds is 3. The van der Waals surface area contributed by atoms with Crippen LogP contribution in [-0.4, -0.2) is 41.7 Å². The molecule has 22 heavy (non-hydrogen) atoms. The summed E-state index contributed by atoms with van der Waals surface area (Å²) in [5.74, 6) is 0.436. The molecule has 0 spiro atoms. The average Bonchev–Trinajstić information content (AvgIpc) is 2.45. The minimum Gasteiger partial charge on any atom is -0.460 e. The highest BCUT2D eigenvalue weighted by molar-refractivity contribution is 6.32. The Hall–Kier alpha value is -1.56. The number of hydrogen-bond acceptors (Lipinski definition) is 6. The van der Waals surface area contributed by atoms with E-state index in [4.69, 9.17) is 16.3 Å². The van der Waals surface area contributed by atoms with E-state index in [1.54, 1.807) is 7.05 Å². The van der Waals surface area contributed by atoms with Gasteiger partial charge in [-0.3, -0.25) is 4.79 Å². The second-order valence-corrected chi connectivity index (χ2v) is 6.79. The topological polar surface area (TPSA) is 67.4 Å². The maximum atomic E-state index is 12.3. The Balaban J connectivity index is 2.14. The van der Waals surface area contributed by atoms with Crippen molar-refractivity contribution in [1.82, 2.24) is 9.97 Å². The molecule has 1 unspecified atom stereocenters. The molecule has 0 saturated carbocycles. The molecule has 1 aromatic heterocycles. The quantitative estimate of drug-likeness (QED) is 0.680. The first-order chi connectivity index (χ1) is 10.3. The Labute approximate surface area is 136 Å². The van der Waals surface area contributed by atoms with Gasteiger partial charge in [-0.1, -0.05) is 11.6 Å². The van der Waals surface area contributed by atoms with Crippen molar-refractivity contribution in [3.05, 3.63) is 11.5 Å². The Kier molecular flexibility index (Phi) is 5.11. The van der Waals surface area contributed by atoms with Crippen LogP contribution < -0.4 is 10.2 Å². The fraction of sp³-hybridized carbons (Fsp3) is 0.667. The lowest BCUT2D eigenvalue weighted by Gasteiger charge is -2.34. The predicted octanol–water partition coefficient (Wildman–Crippen LogP) is 2.73. The Bertz CT molecular complexity index is 545. The number of anilines is 2. The van der Waals surface area contributed by atoms with Gasteiger partial charge >= 0.3 is 5.97 Å². The van der Waals surface area contributed by atoms with Crippen molar-refractivity contribution in [2.24, 2.45) is 5.92 Å². The van der Waals surface area contributed by atoms with E-state index in [1.165, 1.54) is 6.33 Å². The maximum absolute atomic E-state index is 12.3. The molecule has 0 amide bonds. The van der Waals surface area contributed by atoms with E-state index < -0.39 is 5.60 Å². The molecule has 0 bridgehead atoms. The smallest absolute Gasteiger partial charge is 0.311 e. The van der Waals surface area contributed by atoms with Gasteiger partial charge < -0.3 is 15.0 Å². The molecule has 1 N–H and O–H groups in total. The normalized spacial score (nSPS) is 19.0. The summed E-state index contributed by atoms with van der Waals surface area (Å²) in [4.78, 5) is 22.7. The lowest BCUT2D eigenvalue weighted by molar-refractivity contribution is -0.160. The maximum Gasteiger partial charge on any atom is 0.311 e. The summed E-state index contributed by atoms with van der Waals surface area (Å²) >= 11 is 6.10. The molecule has 0 radical (unpaired) electrons. The first-order valence-electron chi connectivity index (χ1n) is 7.48. The van der Waals surface area contributed by atoms with Gasteiger partial charge in [0.05, 0.1) is 5.92 Å². The highest BCUT2D eigenvalue weighted by Gasteiger charge is 2.31. The second-order valence-electron chi connectivity index (χ2n) is 6.43. The lowest BCUT2D eigenvalue weighted by Crippen LogP contribution is -2.41. The SMILES string of the molecule is CNc1c(Cl)ncnc1N1CCCC(C(=O)OC(C)(C)C)C1. The molecular formula is C15H23ClN4O2. The van der Waals surface area contributed by atoms with Gasteiger partial charge in [0.2, 0.25) is 0 Å². The van der Waals surface area contributed by atoms with Crippen LogP contribution in [0, 0.1) is 5.92 Å². The summed E-state index contributed by atoms with van der Waals surface area (Å²) in [7, 11) is 1.78. The molecule has 1 fully saturated rings. The molecule has 0 aromatic carbocycles. The number of carbonyl (C=O) groups excluding carboxylic acids is 1. The third-order valence-corrected chi connectivity index (χ3v) is 3.78. The van der Waals surface area contributed by atoms with Crippen molar-refractivity contribution in [2.45, 2.75) is 39.2 Å². The molecule has 1 aromatic rings. The zero-order valence-corrected chi connectivity index (χ0v) is 14.3. The summed E-state index contributed by atoms with van der Waals surface area (Å²) in [5.41, 5.74) is 0.224. The van der Waals surface area contributed by atoms with Gasteiger partial charge in [0.25, 0.3) is 0 Å². The van der Waals surface area contributed by atoms with Gasteiger partial charge in [-0.25, -0.2) is 9.97 Å². The first kappa shape index (κ1) is 16.8. The zero-order valence-electron chi connectivity index (χ0n) is 13.5. The molecule has 1 atom stereocenters. The fourth-order valence-electron chi connectivity index (χ4n) is 2.56. The van der Waals surface area contributed by atoms with Crippen molar-refractivity contribution < 1.29 is 9.53 Å². The predicted molar refractivity (Wildman–Crippen MR) is 87.4 cm³/mol. The van der Waals surface area contributed by atoms with Crippen LogP contribution in [0.25, 0.3) is 0 Å². The van der Waals surface area contributed by atoms with Crippen molar-refractivity contribution >= 4 is 29.1 Å². The molecular weight excluding hydrogens is 304 g/mol. The molecule has 1 saturated heterocycles. The van der Waals surface area contributed by atoms with E-state index in [0.717, 1.165) is 25.2 Å². The third-order valence-electron chi connectivity index (χ3n) is 3.49. The van der Waals surface area contributed by atoms with Crippen molar-refractivity contribution in [2.75, 3.05) is 30.4 Å².